The van der Waals surface area contributed by atoms with Gasteiger partial charge in [0.15, 0.2) is 0 Å². The first-order valence-corrected chi connectivity index (χ1v) is 8.89. The molecule has 0 spiro atoms. The standard InChI is InChI=1S/C17H22N4OS/c1-12-17(13(2)20(3)19-12)15-5-4-10-21(15)16(22)11-23-14-6-8-18-9-7-14/h6-9,15H,4-5,10-11H2,1-3H3/t15-/m1/s1. The molecule has 6 heteroatoms. The Morgan fingerprint density at radius 1 is 1.35 bits per heavy atom. The number of hydrogen-bond donors (Lipinski definition) is 0. The van der Waals surface area contributed by atoms with Crippen LogP contribution in [0.5, 0.6) is 0 Å². The summed E-state index contributed by atoms with van der Waals surface area (Å²) in [4.78, 5) is 19.8. The highest BCUT2D eigenvalue weighted by Gasteiger charge is 2.33. The molecule has 1 amide bonds. The molecule has 0 unspecified atom stereocenters. The number of carbonyl (C=O) groups is 1. The summed E-state index contributed by atoms with van der Waals surface area (Å²) in [5.74, 6) is 0.677. The monoisotopic (exact) mass is 330 g/mol. The van der Waals surface area contributed by atoms with Gasteiger partial charge in [-0.1, -0.05) is 0 Å². The van der Waals surface area contributed by atoms with Gasteiger partial charge in [0.05, 0.1) is 17.5 Å². The van der Waals surface area contributed by atoms with Crippen LogP contribution < -0.4 is 0 Å². The van der Waals surface area contributed by atoms with Gasteiger partial charge < -0.3 is 4.90 Å². The SMILES string of the molecule is Cc1nn(C)c(C)c1[C@H]1CCCN1C(=O)CSc1ccncc1. The number of hydrogen-bond acceptors (Lipinski definition) is 4. The maximum absolute atomic E-state index is 12.7. The van der Waals surface area contributed by atoms with Crippen LogP contribution in [-0.2, 0) is 11.8 Å². The number of aromatic nitrogens is 3. The van der Waals surface area contributed by atoms with Crippen molar-refractivity contribution < 1.29 is 4.79 Å². The van der Waals surface area contributed by atoms with Crippen LogP contribution >= 0.6 is 11.8 Å². The lowest BCUT2D eigenvalue weighted by Crippen LogP contribution is -2.32. The molecule has 0 radical (unpaired) electrons. The predicted molar refractivity (Wildman–Crippen MR) is 91.3 cm³/mol. The van der Waals surface area contributed by atoms with E-state index in [1.165, 1.54) is 5.56 Å². The van der Waals surface area contributed by atoms with Crippen LogP contribution in [0.1, 0.15) is 35.8 Å². The number of nitrogens with zero attached hydrogens (tertiary/aromatic N) is 4. The Balaban J connectivity index is 1.72. The first-order valence-electron chi connectivity index (χ1n) is 7.90. The van der Waals surface area contributed by atoms with Crippen molar-refractivity contribution in [2.75, 3.05) is 12.3 Å². The summed E-state index contributed by atoms with van der Waals surface area (Å²) in [6, 6.07) is 4.05. The van der Waals surface area contributed by atoms with Gasteiger partial charge in [0.1, 0.15) is 0 Å². The first-order chi connectivity index (χ1) is 11.1. The lowest BCUT2D eigenvalue weighted by atomic mass is 10.0. The van der Waals surface area contributed by atoms with E-state index in [1.54, 1.807) is 24.2 Å². The molecule has 5 nitrogen and oxygen atoms in total. The van der Waals surface area contributed by atoms with Gasteiger partial charge in [-0.15, -0.1) is 11.8 Å². The molecule has 122 valence electrons. The van der Waals surface area contributed by atoms with Gasteiger partial charge >= 0.3 is 0 Å². The van der Waals surface area contributed by atoms with Gasteiger partial charge in [0.25, 0.3) is 0 Å². The molecule has 0 bridgehead atoms. The summed E-state index contributed by atoms with van der Waals surface area (Å²) < 4.78 is 1.91. The van der Waals surface area contributed by atoms with E-state index in [0.29, 0.717) is 5.75 Å². The van der Waals surface area contributed by atoms with E-state index in [-0.39, 0.29) is 11.9 Å². The molecule has 2 aromatic rings. The summed E-state index contributed by atoms with van der Waals surface area (Å²) in [6.45, 7) is 4.96. The second kappa shape index (κ2) is 6.74. The van der Waals surface area contributed by atoms with E-state index in [4.69, 9.17) is 0 Å². The van der Waals surface area contributed by atoms with Gasteiger partial charge in [-0.2, -0.15) is 5.10 Å². The lowest BCUT2D eigenvalue weighted by Gasteiger charge is -2.25. The Morgan fingerprint density at radius 2 is 2.09 bits per heavy atom. The van der Waals surface area contributed by atoms with Crippen LogP contribution in [0.4, 0.5) is 0 Å². The third-order valence-corrected chi connectivity index (χ3v) is 5.48. The molecule has 1 atom stereocenters. The maximum Gasteiger partial charge on any atom is 0.233 e. The largest absolute Gasteiger partial charge is 0.335 e. The zero-order valence-corrected chi connectivity index (χ0v) is 14.6. The minimum Gasteiger partial charge on any atom is -0.335 e. The zero-order chi connectivity index (χ0) is 16.4. The van der Waals surface area contributed by atoms with Crippen LogP contribution in [-0.4, -0.2) is 37.9 Å². The van der Waals surface area contributed by atoms with Crippen LogP contribution in [0.2, 0.25) is 0 Å². The van der Waals surface area contributed by atoms with Crippen molar-refractivity contribution in [3.05, 3.63) is 41.5 Å². The molecule has 1 saturated heterocycles. The summed E-state index contributed by atoms with van der Waals surface area (Å²) in [7, 11) is 1.96. The summed E-state index contributed by atoms with van der Waals surface area (Å²) in [6.07, 6.45) is 5.60. The van der Waals surface area contributed by atoms with Crippen LogP contribution in [0.3, 0.4) is 0 Å². The molecule has 23 heavy (non-hydrogen) atoms. The Bertz CT molecular complexity index is 698. The van der Waals surface area contributed by atoms with Crippen LogP contribution in [0.15, 0.2) is 29.4 Å². The van der Waals surface area contributed by atoms with Crippen LogP contribution in [0.25, 0.3) is 0 Å². The van der Waals surface area contributed by atoms with Crippen molar-refractivity contribution in [3.8, 4) is 0 Å². The summed E-state index contributed by atoms with van der Waals surface area (Å²) in [5.41, 5.74) is 3.43. The zero-order valence-electron chi connectivity index (χ0n) is 13.8. The molecule has 0 aromatic carbocycles. The highest BCUT2D eigenvalue weighted by atomic mass is 32.2. The van der Waals surface area contributed by atoms with Crippen molar-refractivity contribution in [2.45, 2.75) is 37.6 Å². The molecule has 0 N–H and O–H groups in total. The molecule has 1 aliphatic rings. The fourth-order valence-electron chi connectivity index (χ4n) is 3.30. The molecule has 2 aromatic heterocycles. The average Bonchev–Trinajstić information content (AvgIpc) is 3.11. The maximum atomic E-state index is 12.7. The smallest absolute Gasteiger partial charge is 0.233 e. The molecular weight excluding hydrogens is 308 g/mol. The lowest BCUT2D eigenvalue weighted by molar-refractivity contribution is -0.129. The third-order valence-electron chi connectivity index (χ3n) is 4.48. The molecule has 3 rings (SSSR count). The fraction of sp³-hybridized carbons (Fsp3) is 0.471. The number of amides is 1. The predicted octanol–water partition coefficient (Wildman–Crippen LogP) is 2.89. The number of aryl methyl sites for hydroxylation is 2. The average molecular weight is 330 g/mol. The van der Waals surface area contributed by atoms with Crippen molar-refractivity contribution >= 4 is 17.7 Å². The van der Waals surface area contributed by atoms with Crippen molar-refractivity contribution in [3.63, 3.8) is 0 Å². The van der Waals surface area contributed by atoms with Gasteiger partial charge in [0.2, 0.25) is 5.91 Å². The number of pyridine rings is 1. The molecule has 3 heterocycles. The highest BCUT2D eigenvalue weighted by molar-refractivity contribution is 8.00. The van der Waals surface area contributed by atoms with Gasteiger partial charge in [-0.05, 0) is 38.8 Å². The molecule has 1 fully saturated rings. The minimum absolute atomic E-state index is 0.175. The van der Waals surface area contributed by atoms with E-state index in [2.05, 4.69) is 17.0 Å². The summed E-state index contributed by atoms with van der Waals surface area (Å²) >= 11 is 1.57. The van der Waals surface area contributed by atoms with Gasteiger partial charge in [-0.25, -0.2) is 0 Å². The first kappa shape index (κ1) is 16.1. The Labute approximate surface area is 141 Å². The number of thioether (sulfide) groups is 1. The Hall–Kier alpha value is -1.82. The van der Waals surface area contributed by atoms with E-state index in [0.717, 1.165) is 35.7 Å². The van der Waals surface area contributed by atoms with E-state index in [9.17, 15) is 4.79 Å². The Morgan fingerprint density at radius 3 is 2.74 bits per heavy atom. The van der Waals surface area contributed by atoms with E-state index < -0.39 is 0 Å². The molecule has 0 saturated carbocycles. The molecule has 1 aliphatic heterocycles. The van der Waals surface area contributed by atoms with Crippen molar-refractivity contribution in [2.24, 2.45) is 7.05 Å². The van der Waals surface area contributed by atoms with Crippen LogP contribution in [0, 0.1) is 13.8 Å². The Kier molecular flexibility index (Phi) is 4.71. The quantitative estimate of drug-likeness (QED) is 0.809. The second-order valence-corrected chi connectivity index (χ2v) is 6.97. The summed E-state index contributed by atoms with van der Waals surface area (Å²) in [5, 5.41) is 4.51. The van der Waals surface area contributed by atoms with Gasteiger partial charge in [-0.3, -0.25) is 14.5 Å². The van der Waals surface area contributed by atoms with Gasteiger partial charge in [0, 0.05) is 42.1 Å². The van der Waals surface area contributed by atoms with Crippen molar-refractivity contribution in [1.29, 1.82) is 0 Å². The highest BCUT2D eigenvalue weighted by Crippen LogP contribution is 2.36. The number of likely N-dealkylation sites (tertiary alicyclic amines) is 1. The molecular formula is C17H22N4OS. The number of rotatable bonds is 4. The third kappa shape index (κ3) is 3.27. The normalized spacial score (nSPS) is 17.7. The van der Waals surface area contributed by atoms with E-state index >= 15 is 0 Å². The van der Waals surface area contributed by atoms with E-state index in [1.807, 2.05) is 35.7 Å². The topological polar surface area (TPSA) is 51.0 Å². The minimum atomic E-state index is 0.175. The molecule has 0 aliphatic carbocycles. The van der Waals surface area contributed by atoms with Crippen molar-refractivity contribution in [1.82, 2.24) is 19.7 Å². The fourth-order valence-corrected chi connectivity index (χ4v) is 4.07. The number of carbonyl (C=O) groups excluding carboxylic acids is 1. The second-order valence-electron chi connectivity index (χ2n) is 5.92.